The first-order valence-electron chi connectivity index (χ1n) is 5.35. The Morgan fingerprint density at radius 2 is 2.13 bits per heavy atom. The highest BCUT2D eigenvalue weighted by molar-refractivity contribution is 4.84. The molecule has 0 aromatic carbocycles. The maximum Gasteiger partial charge on any atom is 0.0715 e. The quantitative estimate of drug-likeness (QED) is 0.769. The van der Waals surface area contributed by atoms with Crippen molar-refractivity contribution in [1.82, 2.24) is 15.1 Å². The van der Waals surface area contributed by atoms with E-state index in [2.05, 4.69) is 24.3 Å². The standard InChI is InChI=1S/C11H21N3O/c1-9(12-8-11(3,4)15)10(2)14-7-5-6-13-14/h5-7,9-10,12,15H,8H2,1-4H3/t9-,10+/m0/s1. The predicted molar refractivity (Wildman–Crippen MR) is 60.7 cm³/mol. The molecule has 0 saturated heterocycles. The summed E-state index contributed by atoms with van der Waals surface area (Å²) in [6.45, 7) is 8.38. The Bertz CT molecular complexity index is 277. The lowest BCUT2D eigenvalue weighted by molar-refractivity contribution is 0.0747. The number of aliphatic hydroxyl groups is 1. The van der Waals surface area contributed by atoms with Gasteiger partial charge in [-0.25, -0.2) is 0 Å². The van der Waals surface area contributed by atoms with Crippen molar-refractivity contribution in [3.05, 3.63) is 18.5 Å². The van der Waals surface area contributed by atoms with Crippen molar-refractivity contribution < 1.29 is 5.11 Å². The molecule has 0 spiro atoms. The fraction of sp³-hybridized carbons (Fsp3) is 0.727. The van der Waals surface area contributed by atoms with Gasteiger partial charge in [0.15, 0.2) is 0 Å². The first-order valence-corrected chi connectivity index (χ1v) is 5.35. The maximum absolute atomic E-state index is 9.59. The van der Waals surface area contributed by atoms with Crippen LogP contribution in [0.2, 0.25) is 0 Å². The molecule has 0 bridgehead atoms. The van der Waals surface area contributed by atoms with Gasteiger partial charge in [-0.2, -0.15) is 5.10 Å². The van der Waals surface area contributed by atoms with Crippen LogP contribution < -0.4 is 5.32 Å². The van der Waals surface area contributed by atoms with Gasteiger partial charge in [0, 0.05) is 25.0 Å². The maximum atomic E-state index is 9.59. The van der Waals surface area contributed by atoms with Gasteiger partial charge in [-0.15, -0.1) is 0 Å². The Hall–Kier alpha value is -0.870. The number of nitrogens with one attached hydrogen (secondary N) is 1. The second-order valence-electron chi connectivity index (χ2n) is 4.71. The van der Waals surface area contributed by atoms with Crippen molar-refractivity contribution in [3.63, 3.8) is 0 Å². The Morgan fingerprint density at radius 1 is 1.47 bits per heavy atom. The third-order valence-corrected chi connectivity index (χ3v) is 2.52. The Labute approximate surface area is 91.3 Å². The molecular formula is C11H21N3O. The largest absolute Gasteiger partial charge is 0.389 e. The molecule has 1 rings (SSSR count). The van der Waals surface area contributed by atoms with Crippen molar-refractivity contribution in [3.8, 4) is 0 Å². The van der Waals surface area contributed by atoms with Gasteiger partial charge in [0.2, 0.25) is 0 Å². The van der Waals surface area contributed by atoms with Crippen molar-refractivity contribution in [2.45, 2.75) is 45.4 Å². The lowest BCUT2D eigenvalue weighted by atomic mass is 10.1. The van der Waals surface area contributed by atoms with E-state index < -0.39 is 5.60 Å². The van der Waals surface area contributed by atoms with Crippen LogP contribution in [0.3, 0.4) is 0 Å². The molecule has 2 atom stereocenters. The van der Waals surface area contributed by atoms with Gasteiger partial charge in [-0.3, -0.25) is 4.68 Å². The molecule has 0 aliphatic carbocycles. The number of rotatable bonds is 5. The van der Waals surface area contributed by atoms with Crippen LogP contribution >= 0.6 is 0 Å². The highest BCUT2D eigenvalue weighted by Gasteiger charge is 2.18. The highest BCUT2D eigenvalue weighted by Crippen LogP contribution is 2.09. The summed E-state index contributed by atoms with van der Waals surface area (Å²) in [5, 5.41) is 17.1. The second kappa shape index (κ2) is 4.77. The monoisotopic (exact) mass is 211 g/mol. The molecule has 4 heteroatoms. The fourth-order valence-corrected chi connectivity index (χ4v) is 1.33. The van der Waals surface area contributed by atoms with Gasteiger partial charge in [0.25, 0.3) is 0 Å². The van der Waals surface area contributed by atoms with Crippen molar-refractivity contribution >= 4 is 0 Å². The van der Waals surface area contributed by atoms with E-state index in [9.17, 15) is 5.11 Å². The zero-order chi connectivity index (χ0) is 11.5. The van der Waals surface area contributed by atoms with Gasteiger partial charge < -0.3 is 10.4 Å². The highest BCUT2D eigenvalue weighted by atomic mass is 16.3. The van der Waals surface area contributed by atoms with Crippen molar-refractivity contribution in [1.29, 1.82) is 0 Å². The molecule has 0 unspecified atom stereocenters. The summed E-state index contributed by atoms with van der Waals surface area (Å²) in [7, 11) is 0. The number of nitrogens with zero attached hydrogens (tertiary/aromatic N) is 2. The third-order valence-electron chi connectivity index (χ3n) is 2.52. The molecule has 1 heterocycles. The second-order valence-corrected chi connectivity index (χ2v) is 4.71. The van der Waals surface area contributed by atoms with Gasteiger partial charge in [0.05, 0.1) is 11.6 Å². The van der Waals surface area contributed by atoms with Crippen LogP contribution in [0.1, 0.15) is 33.7 Å². The molecule has 0 aliphatic heterocycles. The van der Waals surface area contributed by atoms with Gasteiger partial charge in [-0.1, -0.05) is 0 Å². The average Bonchev–Trinajstić information content (AvgIpc) is 2.64. The smallest absolute Gasteiger partial charge is 0.0715 e. The predicted octanol–water partition coefficient (Wildman–Crippen LogP) is 1.19. The zero-order valence-electron chi connectivity index (χ0n) is 9.94. The van der Waals surface area contributed by atoms with E-state index in [-0.39, 0.29) is 12.1 Å². The number of hydrogen-bond acceptors (Lipinski definition) is 3. The van der Waals surface area contributed by atoms with Crippen LogP contribution in [0, 0.1) is 0 Å². The Balaban J connectivity index is 2.44. The molecule has 0 fully saturated rings. The van der Waals surface area contributed by atoms with Gasteiger partial charge in [0.1, 0.15) is 0 Å². The molecule has 0 saturated carbocycles. The summed E-state index contributed by atoms with van der Waals surface area (Å²) < 4.78 is 1.92. The van der Waals surface area contributed by atoms with Crippen LogP contribution in [0.25, 0.3) is 0 Å². The lowest BCUT2D eigenvalue weighted by Gasteiger charge is -2.25. The van der Waals surface area contributed by atoms with Crippen LogP contribution in [0.15, 0.2) is 18.5 Å². The Kier molecular flexibility index (Phi) is 3.88. The SMILES string of the molecule is C[C@H](NCC(C)(C)O)[C@@H](C)n1cccn1. The van der Waals surface area contributed by atoms with E-state index in [1.54, 1.807) is 20.0 Å². The van der Waals surface area contributed by atoms with Gasteiger partial charge >= 0.3 is 0 Å². The normalized spacial score (nSPS) is 16.3. The first kappa shape index (κ1) is 12.2. The Morgan fingerprint density at radius 3 is 2.60 bits per heavy atom. The van der Waals surface area contributed by atoms with Crippen molar-refractivity contribution in [2.75, 3.05) is 6.54 Å². The molecule has 2 N–H and O–H groups in total. The molecule has 4 nitrogen and oxygen atoms in total. The molecular weight excluding hydrogens is 190 g/mol. The zero-order valence-corrected chi connectivity index (χ0v) is 9.94. The minimum Gasteiger partial charge on any atom is -0.389 e. The van der Waals surface area contributed by atoms with Crippen LogP contribution in [0.5, 0.6) is 0 Å². The number of hydrogen-bond donors (Lipinski definition) is 2. The molecule has 1 aromatic rings. The number of aromatic nitrogens is 2. The van der Waals surface area contributed by atoms with Gasteiger partial charge in [-0.05, 0) is 33.8 Å². The van der Waals surface area contributed by atoms with E-state index in [0.29, 0.717) is 6.54 Å². The minimum atomic E-state index is -0.669. The first-order chi connectivity index (χ1) is 6.90. The summed E-state index contributed by atoms with van der Waals surface area (Å²) in [6, 6.07) is 2.47. The molecule has 0 amide bonds. The summed E-state index contributed by atoms with van der Waals surface area (Å²) >= 11 is 0. The molecule has 0 aliphatic rings. The fourth-order valence-electron chi connectivity index (χ4n) is 1.33. The van der Waals surface area contributed by atoms with Crippen LogP contribution in [-0.4, -0.2) is 33.1 Å². The molecule has 15 heavy (non-hydrogen) atoms. The molecule has 0 radical (unpaired) electrons. The lowest BCUT2D eigenvalue weighted by Crippen LogP contribution is -2.42. The average molecular weight is 211 g/mol. The summed E-state index contributed by atoms with van der Waals surface area (Å²) in [5.41, 5.74) is -0.669. The van der Waals surface area contributed by atoms with Crippen LogP contribution in [0.4, 0.5) is 0 Å². The van der Waals surface area contributed by atoms with Crippen LogP contribution in [-0.2, 0) is 0 Å². The van der Waals surface area contributed by atoms with E-state index >= 15 is 0 Å². The summed E-state index contributed by atoms with van der Waals surface area (Å²) in [6.07, 6.45) is 3.73. The van der Waals surface area contributed by atoms with E-state index in [0.717, 1.165) is 0 Å². The molecule has 86 valence electrons. The van der Waals surface area contributed by atoms with Crippen molar-refractivity contribution in [2.24, 2.45) is 0 Å². The van der Waals surface area contributed by atoms with E-state index in [4.69, 9.17) is 0 Å². The molecule has 1 aromatic heterocycles. The summed E-state index contributed by atoms with van der Waals surface area (Å²) in [4.78, 5) is 0. The topological polar surface area (TPSA) is 50.1 Å². The minimum absolute atomic E-state index is 0.274. The van der Waals surface area contributed by atoms with E-state index in [1.165, 1.54) is 0 Å². The van der Waals surface area contributed by atoms with E-state index in [1.807, 2.05) is 16.9 Å². The third kappa shape index (κ3) is 4.01. The summed E-state index contributed by atoms with van der Waals surface area (Å²) in [5.74, 6) is 0.